The summed E-state index contributed by atoms with van der Waals surface area (Å²) in [7, 11) is 4.60. The summed E-state index contributed by atoms with van der Waals surface area (Å²) in [5.74, 6) is 1.63. The molecule has 0 saturated heterocycles. The van der Waals surface area contributed by atoms with Crippen molar-refractivity contribution in [2.45, 2.75) is 43.3 Å². The number of aromatic nitrogens is 2. The molecular weight excluding hydrogens is 504 g/mol. The molecule has 1 amide bonds. The average molecular weight is 541 g/mol. The Morgan fingerprint density at radius 2 is 1.58 bits per heavy atom. The van der Waals surface area contributed by atoms with Crippen molar-refractivity contribution in [1.82, 2.24) is 15.3 Å². The Bertz CT molecular complexity index is 1100. The molecule has 3 aromatic rings. The lowest BCUT2D eigenvalue weighted by atomic mass is 10.0. The fourth-order valence-electron chi connectivity index (χ4n) is 3.90. The standard InChI is InChI=1S/C28H36N4O5S/c1-35-21-13-9-19(10-14-21)25-26(20-11-15-22(36-2)16-12-20)32-28(31-25)38-18-6-8-24(33)30-23(27(34)37-3)7-4-5-17-29/h9-16,23H,4-8,17-18,29H2,1-3H3,(H,30,33)(H,31,32)/t23-/m0/s1. The van der Waals surface area contributed by atoms with Crippen molar-refractivity contribution in [3.05, 3.63) is 48.5 Å². The number of methoxy groups -OCH3 is 3. The van der Waals surface area contributed by atoms with Crippen LogP contribution in [0.5, 0.6) is 11.5 Å². The van der Waals surface area contributed by atoms with Gasteiger partial charge in [-0.3, -0.25) is 4.79 Å². The van der Waals surface area contributed by atoms with E-state index in [2.05, 4.69) is 10.3 Å². The van der Waals surface area contributed by atoms with Crippen molar-refractivity contribution in [1.29, 1.82) is 0 Å². The molecule has 1 heterocycles. The van der Waals surface area contributed by atoms with Gasteiger partial charge in [-0.1, -0.05) is 11.8 Å². The van der Waals surface area contributed by atoms with Crippen molar-refractivity contribution in [3.8, 4) is 34.0 Å². The number of esters is 1. The summed E-state index contributed by atoms with van der Waals surface area (Å²) in [4.78, 5) is 32.8. The Kier molecular flexibility index (Phi) is 11.5. The Morgan fingerprint density at radius 1 is 0.947 bits per heavy atom. The van der Waals surface area contributed by atoms with Crippen LogP contribution in [0.2, 0.25) is 0 Å². The minimum atomic E-state index is -0.643. The molecule has 0 spiro atoms. The van der Waals surface area contributed by atoms with Crippen LogP contribution in [-0.2, 0) is 14.3 Å². The molecule has 0 aliphatic heterocycles. The Balaban J connectivity index is 1.64. The predicted molar refractivity (Wildman–Crippen MR) is 149 cm³/mol. The molecule has 0 fully saturated rings. The number of nitrogens with two attached hydrogens (primary N) is 1. The molecule has 38 heavy (non-hydrogen) atoms. The van der Waals surface area contributed by atoms with E-state index in [0.29, 0.717) is 31.6 Å². The highest BCUT2D eigenvalue weighted by Crippen LogP contribution is 2.34. The largest absolute Gasteiger partial charge is 0.497 e. The number of benzene rings is 2. The van der Waals surface area contributed by atoms with Gasteiger partial charge in [0.05, 0.1) is 32.7 Å². The van der Waals surface area contributed by atoms with Gasteiger partial charge in [-0.25, -0.2) is 9.78 Å². The number of H-pyrrole nitrogens is 1. The fourth-order valence-corrected chi connectivity index (χ4v) is 4.71. The van der Waals surface area contributed by atoms with Crippen molar-refractivity contribution < 1.29 is 23.8 Å². The molecule has 1 atom stereocenters. The van der Waals surface area contributed by atoms with E-state index in [4.69, 9.17) is 24.9 Å². The second-order valence-electron chi connectivity index (χ2n) is 8.60. The highest BCUT2D eigenvalue weighted by atomic mass is 32.2. The first-order valence-corrected chi connectivity index (χ1v) is 13.6. The number of carbonyl (C=O) groups excluding carboxylic acids is 2. The Labute approximate surface area is 227 Å². The van der Waals surface area contributed by atoms with Crippen molar-refractivity contribution >= 4 is 23.6 Å². The van der Waals surface area contributed by atoms with E-state index >= 15 is 0 Å². The summed E-state index contributed by atoms with van der Waals surface area (Å²) >= 11 is 1.55. The second kappa shape index (κ2) is 15.0. The SMILES string of the molecule is COC(=O)[C@H](CCCCN)NC(=O)CCCSc1nc(-c2ccc(OC)cc2)c(-c2ccc(OC)cc2)[nH]1. The molecule has 0 aliphatic rings. The van der Waals surface area contributed by atoms with Crippen LogP contribution in [0.25, 0.3) is 22.5 Å². The first-order chi connectivity index (χ1) is 18.5. The van der Waals surface area contributed by atoms with Gasteiger partial charge in [0, 0.05) is 23.3 Å². The van der Waals surface area contributed by atoms with Crippen molar-refractivity contribution in [3.63, 3.8) is 0 Å². The van der Waals surface area contributed by atoms with Gasteiger partial charge in [-0.2, -0.15) is 0 Å². The zero-order chi connectivity index (χ0) is 27.3. The third-order valence-corrected chi connectivity index (χ3v) is 6.94. The molecule has 0 bridgehead atoms. The first kappa shape index (κ1) is 29.1. The average Bonchev–Trinajstić information content (AvgIpc) is 3.38. The van der Waals surface area contributed by atoms with Crippen LogP contribution in [0.15, 0.2) is 53.7 Å². The molecule has 4 N–H and O–H groups in total. The van der Waals surface area contributed by atoms with Crippen LogP contribution in [0.3, 0.4) is 0 Å². The molecule has 3 rings (SSSR count). The Hall–Kier alpha value is -3.50. The van der Waals surface area contributed by atoms with Gasteiger partial charge in [0.15, 0.2) is 5.16 Å². The van der Waals surface area contributed by atoms with Gasteiger partial charge in [0.2, 0.25) is 5.91 Å². The van der Waals surface area contributed by atoms with Crippen molar-refractivity contribution in [2.24, 2.45) is 5.73 Å². The quantitative estimate of drug-likeness (QED) is 0.147. The molecule has 2 aromatic carbocycles. The number of unbranched alkanes of at least 4 members (excludes halogenated alkanes) is 1. The molecular formula is C28H36N4O5S. The maximum atomic E-state index is 12.5. The number of hydrogen-bond donors (Lipinski definition) is 3. The van der Waals surface area contributed by atoms with Crippen LogP contribution in [0, 0.1) is 0 Å². The number of amides is 1. The van der Waals surface area contributed by atoms with E-state index in [-0.39, 0.29) is 5.91 Å². The van der Waals surface area contributed by atoms with E-state index < -0.39 is 12.0 Å². The number of carbonyl (C=O) groups is 2. The molecule has 0 saturated carbocycles. The number of nitrogens with zero attached hydrogens (tertiary/aromatic N) is 1. The van der Waals surface area contributed by atoms with Gasteiger partial charge in [-0.15, -0.1) is 0 Å². The third kappa shape index (κ3) is 8.26. The lowest BCUT2D eigenvalue weighted by Gasteiger charge is -2.16. The topological polar surface area (TPSA) is 129 Å². The zero-order valence-electron chi connectivity index (χ0n) is 22.1. The minimum absolute atomic E-state index is 0.175. The van der Waals surface area contributed by atoms with Crippen molar-refractivity contribution in [2.75, 3.05) is 33.6 Å². The monoisotopic (exact) mass is 540 g/mol. The Morgan fingerprint density at radius 3 is 2.16 bits per heavy atom. The van der Waals surface area contributed by atoms with Crippen LogP contribution >= 0.6 is 11.8 Å². The van der Waals surface area contributed by atoms with Gasteiger partial charge >= 0.3 is 5.97 Å². The normalized spacial score (nSPS) is 11.6. The summed E-state index contributed by atoms with van der Waals surface area (Å²) in [6.07, 6.45) is 2.98. The lowest BCUT2D eigenvalue weighted by Crippen LogP contribution is -2.41. The van der Waals surface area contributed by atoms with Crippen LogP contribution < -0.4 is 20.5 Å². The van der Waals surface area contributed by atoms with E-state index in [1.165, 1.54) is 7.11 Å². The van der Waals surface area contributed by atoms with E-state index in [9.17, 15) is 9.59 Å². The number of nitrogens with one attached hydrogen (secondary N) is 2. The maximum absolute atomic E-state index is 12.5. The molecule has 0 radical (unpaired) electrons. The number of ether oxygens (including phenoxy) is 3. The van der Waals surface area contributed by atoms with E-state index in [0.717, 1.165) is 52.0 Å². The molecule has 0 unspecified atom stereocenters. The lowest BCUT2D eigenvalue weighted by molar-refractivity contribution is -0.145. The number of imidazole rings is 1. The highest BCUT2D eigenvalue weighted by Gasteiger charge is 2.21. The summed E-state index contributed by atoms with van der Waals surface area (Å²) < 4.78 is 15.4. The molecule has 0 aliphatic carbocycles. The van der Waals surface area contributed by atoms with E-state index in [1.54, 1.807) is 26.0 Å². The van der Waals surface area contributed by atoms with Gasteiger partial charge in [0.1, 0.15) is 17.5 Å². The molecule has 1 aromatic heterocycles. The third-order valence-electron chi connectivity index (χ3n) is 5.98. The van der Waals surface area contributed by atoms with Crippen LogP contribution in [0.4, 0.5) is 0 Å². The number of thioether (sulfide) groups is 1. The fraction of sp³-hybridized carbons (Fsp3) is 0.393. The van der Waals surface area contributed by atoms with Crippen LogP contribution in [-0.4, -0.2) is 61.5 Å². The second-order valence-corrected chi connectivity index (χ2v) is 9.69. The highest BCUT2D eigenvalue weighted by molar-refractivity contribution is 7.99. The first-order valence-electron chi connectivity index (χ1n) is 12.6. The number of hydrogen-bond acceptors (Lipinski definition) is 8. The summed E-state index contributed by atoms with van der Waals surface area (Å²) in [5.41, 5.74) is 9.21. The predicted octanol–water partition coefficient (Wildman–Crippen LogP) is 4.42. The summed E-state index contributed by atoms with van der Waals surface area (Å²) in [6.45, 7) is 0.548. The van der Waals surface area contributed by atoms with Crippen LogP contribution in [0.1, 0.15) is 32.1 Å². The van der Waals surface area contributed by atoms with Gasteiger partial charge in [0.25, 0.3) is 0 Å². The molecule has 10 heteroatoms. The molecule has 204 valence electrons. The van der Waals surface area contributed by atoms with Gasteiger partial charge < -0.3 is 30.2 Å². The number of aromatic amines is 1. The summed E-state index contributed by atoms with van der Waals surface area (Å²) in [5, 5.41) is 3.55. The minimum Gasteiger partial charge on any atom is -0.497 e. The van der Waals surface area contributed by atoms with E-state index in [1.807, 2.05) is 48.5 Å². The molecule has 9 nitrogen and oxygen atoms in total. The maximum Gasteiger partial charge on any atom is 0.328 e. The zero-order valence-corrected chi connectivity index (χ0v) is 22.9. The smallest absolute Gasteiger partial charge is 0.328 e. The summed E-state index contributed by atoms with van der Waals surface area (Å²) in [6, 6.07) is 14.9. The number of rotatable bonds is 15. The van der Waals surface area contributed by atoms with Gasteiger partial charge in [-0.05, 0) is 80.8 Å².